The fraction of sp³-hybridized carbons (Fsp3) is 0.800. The fourth-order valence-corrected chi connectivity index (χ4v) is 2.51. The van der Waals surface area contributed by atoms with Gasteiger partial charge < -0.3 is 9.31 Å². The van der Waals surface area contributed by atoms with Crippen molar-refractivity contribution in [3.8, 4) is 0 Å². The molecule has 1 aromatic heterocycles. The van der Waals surface area contributed by atoms with Crippen molar-refractivity contribution in [2.24, 2.45) is 0 Å². The summed E-state index contributed by atoms with van der Waals surface area (Å²) < 4.78 is 14.2. The number of hydrogen-bond acceptors (Lipinski definition) is 3. The third kappa shape index (κ3) is 2.79. The Kier molecular flexibility index (Phi) is 4.31. The van der Waals surface area contributed by atoms with E-state index in [1.807, 2.05) is 6.20 Å². The minimum absolute atomic E-state index is 0.298. The molecule has 0 amide bonds. The van der Waals surface area contributed by atoms with Crippen molar-refractivity contribution in [1.82, 2.24) is 9.78 Å². The monoisotopic (exact) mass is 278 g/mol. The maximum absolute atomic E-state index is 6.06. The van der Waals surface area contributed by atoms with Crippen LogP contribution in [0.25, 0.3) is 0 Å². The molecule has 0 bridgehead atoms. The van der Waals surface area contributed by atoms with Gasteiger partial charge in [-0.2, -0.15) is 5.10 Å². The average molecular weight is 278 g/mol. The molecule has 4 nitrogen and oxygen atoms in total. The number of hydrogen-bond donors (Lipinski definition) is 0. The first-order valence-corrected chi connectivity index (χ1v) is 7.70. The normalized spacial score (nSPS) is 22.2. The van der Waals surface area contributed by atoms with Gasteiger partial charge in [-0.05, 0) is 40.5 Å². The van der Waals surface area contributed by atoms with E-state index in [0.29, 0.717) is 6.04 Å². The van der Waals surface area contributed by atoms with Gasteiger partial charge in [0.25, 0.3) is 0 Å². The molecule has 2 heterocycles. The molecule has 20 heavy (non-hydrogen) atoms. The predicted octanol–water partition coefficient (Wildman–Crippen LogP) is 2.93. The molecule has 5 heteroatoms. The van der Waals surface area contributed by atoms with Crippen LogP contribution in [-0.2, 0) is 9.31 Å². The van der Waals surface area contributed by atoms with Gasteiger partial charge in [0.1, 0.15) is 0 Å². The first kappa shape index (κ1) is 15.6. The van der Waals surface area contributed by atoms with Crippen LogP contribution in [0.4, 0.5) is 0 Å². The number of rotatable bonds is 5. The molecule has 1 atom stereocenters. The van der Waals surface area contributed by atoms with Crippen molar-refractivity contribution in [2.75, 3.05) is 0 Å². The molecule has 2 rings (SSSR count). The first-order valence-electron chi connectivity index (χ1n) is 7.70. The number of aromatic nitrogens is 2. The van der Waals surface area contributed by atoms with Crippen molar-refractivity contribution in [2.45, 2.75) is 78.0 Å². The summed E-state index contributed by atoms with van der Waals surface area (Å²) in [6.07, 6.45) is 7.37. The Morgan fingerprint density at radius 3 is 2.30 bits per heavy atom. The van der Waals surface area contributed by atoms with Crippen molar-refractivity contribution in [3.05, 3.63) is 12.4 Å². The molecular weight excluding hydrogens is 251 g/mol. The summed E-state index contributed by atoms with van der Waals surface area (Å²) in [4.78, 5) is 0. The quantitative estimate of drug-likeness (QED) is 0.777. The second-order valence-corrected chi connectivity index (χ2v) is 6.69. The highest BCUT2D eigenvalue weighted by atomic mass is 16.7. The zero-order valence-corrected chi connectivity index (χ0v) is 13.6. The molecule has 112 valence electrons. The maximum Gasteiger partial charge on any atom is 0.498 e. The van der Waals surface area contributed by atoms with Crippen LogP contribution in [0.5, 0.6) is 0 Å². The van der Waals surface area contributed by atoms with Gasteiger partial charge in [-0.3, -0.25) is 4.68 Å². The van der Waals surface area contributed by atoms with Crippen molar-refractivity contribution in [3.63, 3.8) is 0 Å². The van der Waals surface area contributed by atoms with Gasteiger partial charge in [0.05, 0.1) is 17.2 Å². The Morgan fingerprint density at radius 1 is 1.20 bits per heavy atom. The molecule has 1 saturated heterocycles. The molecule has 0 aliphatic carbocycles. The van der Waals surface area contributed by atoms with E-state index in [2.05, 4.69) is 57.5 Å². The highest BCUT2D eigenvalue weighted by molar-refractivity contribution is 6.61. The summed E-state index contributed by atoms with van der Waals surface area (Å²) in [5, 5.41) is 4.50. The van der Waals surface area contributed by atoms with Crippen LogP contribution in [0.3, 0.4) is 0 Å². The summed E-state index contributed by atoms with van der Waals surface area (Å²) in [5.74, 6) is 0. The Balaban J connectivity index is 2.14. The molecule has 1 unspecified atom stereocenters. The van der Waals surface area contributed by atoms with E-state index in [4.69, 9.17) is 9.31 Å². The third-order valence-electron chi connectivity index (χ3n) is 4.61. The number of nitrogens with zero attached hydrogens (tertiary/aromatic N) is 2. The lowest BCUT2D eigenvalue weighted by molar-refractivity contribution is 0.00578. The fourth-order valence-electron chi connectivity index (χ4n) is 2.51. The molecule has 0 aromatic carbocycles. The zero-order chi connectivity index (χ0) is 15.0. The van der Waals surface area contributed by atoms with Crippen LogP contribution in [0.1, 0.15) is 66.8 Å². The van der Waals surface area contributed by atoms with Gasteiger partial charge in [-0.25, -0.2) is 0 Å². The second-order valence-electron chi connectivity index (χ2n) is 6.69. The molecule has 1 fully saturated rings. The van der Waals surface area contributed by atoms with Crippen LogP contribution in [0.15, 0.2) is 12.4 Å². The van der Waals surface area contributed by atoms with Gasteiger partial charge in [0.15, 0.2) is 0 Å². The van der Waals surface area contributed by atoms with E-state index >= 15 is 0 Å². The minimum Gasteiger partial charge on any atom is -0.399 e. The maximum atomic E-state index is 6.06. The average Bonchev–Trinajstić information content (AvgIpc) is 2.90. The first-order chi connectivity index (χ1) is 9.30. The minimum atomic E-state index is -0.312. The van der Waals surface area contributed by atoms with E-state index < -0.39 is 0 Å². The van der Waals surface area contributed by atoms with Crippen molar-refractivity contribution >= 4 is 12.6 Å². The van der Waals surface area contributed by atoms with Crippen molar-refractivity contribution in [1.29, 1.82) is 0 Å². The van der Waals surface area contributed by atoms with Crippen LogP contribution in [-0.4, -0.2) is 28.1 Å². The van der Waals surface area contributed by atoms with E-state index in [1.54, 1.807) is 0 Å². The van der Waals surface area contributed by atoms with Crippen LogP contribution < -0.4 is 5.46 Å². The highest BCUT2D eigenvalue weighted by Gasteiger charge is 2.52. The van der Waals surface area contributed by atoms with Crippen LogP contribution >= 0.6 is 0 Å². The van der Waals surface area contributed by atoms with Gasteiger partial charge in [-0.15, -0.1) is 0 Å². The molecule has 1 aliphatic heterocycles. The molecule has 0 radical (unpaired) electrons. The van der Waals surface area contributed by atoms with E-state index in [9.17, 15) is 0 Å². The summed E-state index contributed by atoms with van der Waals surface area (Å²) >= 11 is 0. The van der Waals surface area contributed by atoms with Gasteiger partial charge >= 0.3 is 7.12 Å². The molecule has 1 aromatic rings. The molecule has 0 spiro atoms. The van der Waals surface area contributed by atoms with Crippen LogP contribution in [0, 0.1) is 0 Å². The smallest absolute Gasteiger partial charge is 0.399 e. The van der Waals surface area contributed by atoms with Crippen LogP contribution in [0.2, 0.25) is 0 Å². The zero-order valence-electron chi connectivity index (χ0n) is 13.6. The summed E-state index contributed by atoms with van der Waals surface area (Å²) in [6, 6.07) is 0.469. The lowest BCUT2D eigenvalue weighted by atomic mass is 9.82. The Labute approximate surface area is 123 Å². The van der Waals surface area contributed by atoms with E-state index in [0.717, 1.165) is 18.3 Å². The van der Waals surface area contributed by atoms with Gasteiger partial charge in [0, 0.05) is 17.9 Å². The molecule has 1 aliphatic rings. The van der Waals surface area contributed by atoms with Gasteiger partial charge in [-0.1, -0.05) is 20.3 Å². The summed E-state index contributed by atoms with van der Waals surface area (Å²) in [7, 11) is -0.312. The second kappa shape index (κ2) is 5.53. The standard InChI is InChI=1S/C15H27BN2O2/c1-7-9-13(8-2)18-11-12(10-17-18)16-19-14(3,4)15(5,6)20-16/h10-11,13H,7-9H2,1-6H3. The van der Waals surface area contributed by atoms with E-state index in [-0.39, 0.29) is 18.3 Å². The third-order valence-corrected chi connectivity index (χ3v) is 4.61. The molecule has 0 saturated carbocycles. The largest absolute Gasteiger partial charge is 0.498 e. The van der Waals surface area contributed by atoms with Gasteiger partial charge in [0.2, 0.25) is 0 Å². The molecular formula is C15H27BN2O2. The molecule has 0 N–H and O–H groups in total. The lowest BCUT2D eigenvalue weighted by Gasteiger charge is -2.32. The van der Waals surface area contributed by atoms with Crippen molar-refractivity contribution < 1.29 is 9.31 Å². The summed E-state index contributed by atoms with van der Waals surface area (Å²) in [5.41, 5.74) is 0.416. The lowest BCUT2D eigenvalue weighted by Crippen LogP contribution is -2.41. The Morgan fingerprint density at radius 2 is 1.80 bits per heavy atom. The Bertz CT molecular complexity index is 440. The SMILES string of the molecule is CCCC(CC)n1cc(B2OC(C)(C)C(C)(C)O2)cn1. The summed E-state index contributed by atoms with van der Waals surface area (Å²) in [6.45, 7) is 12.7. The Hall–Kier alpha value is -0.805. The van der Waals surface area contributed by atoms with E-state index in [1.165, 1.54) is 6.42 Å². The highest BCUT2D eigenvalue weighted by Crippen LogP contribution is 2.36. The topological polar surface area (TPSA) is 36.3 Å². The predicted molar refractivity (Wildman–Crippen MR) is 82.2 cm³/mol.